The third-order valence-electron chi connectivity index (χ3n) is 12.0. The first-order chi connectivity index (χ1) is 28.8. The first-order valence-electron chi connectivity index (χ1n) is 20.2. The van der Waals surface area contributed by atoms with Crippen molar-refractivity contribution < 1.29 is 0 Å². The Morgan fingerprint density at radius 1 is 0.397 bits per heavy atom. The molecule has 9 aromatic carbocycles. The van der Waals surface area contributed by atoms with E-state index < -0.39 is 0 Å². The number of fused-ring (bicyclic) bond motifs is 5. The highest BCUT2D eigenvalue weighted by molar-refractivity contribution is 6.09. The number of anilines is 2. The largest absolute Gasteiger partial charge is 0.333 e. The summed E-state index contributed by atoms with van der Waals surface area (Å²) in [5.74, 6) is 0.146. The van der Waals surface area contributed by atoms with Gasteiger partial charge in [0.1, 0.15) is 0 Å². The smallest absolute Gasteiger partial charge is 0.0628 e. The van der Waals surface area contributed by atoms with Gasteiger partial charge in [0.2, 0.25) is 0 Å². The topological polar surface area (TPSA) is 8.17 Å². The number of rotatable bonds is 7. The van der Waals surface area contributed by atoms with Gasteiger partial charge in [0.25, 0.3) is 0 Å². The van der Waals surface area contributed by atoms with Crippen molar-refractivity contribution in [3.63, 3.8) is 0 Å². The van der Waals surface area contributed by atoms with Crippen molar-refractivity contribution in [1.29, 1.82) is 0 Å². The Kier molecular flexibility index (Phi) is 8.33. The number of hydrogen-bond donors (Lipinski definition) is 0. The Bertz CT molecular complexity index is 3150. The van der Waals surface area contributed by atoms with Gasteiger partial charge in [-0.25, -0.2) is 0 Å². The van der Waals surface area contributed by atoms with Gasteiger partial charge in [0, 0.05) is 39.1 Å². The number of nitrogens with zero attached hydrogens (tertiary/aromatic N) is 2. The first-order valence-corrected chi connectivity index (χ1v) is 20.2. The lowest BCUT2D eigenvalue weighted by atomic mass is 9.86. The second-order valence-corrected chi connectivity index (χ2v) is 15.3. The van der Waals surface area contributed by atoms with Crippen LogP contribution in [0.1, 0.15) is 11.5 Å². The molecule has 11 rings (SSSR count). The van der Waals surface area contributed by atoms with E-state index in [4.69, 9.17) is 0 Å². The van der Waals surface area contributed by atoms with Crippen molar-refractivity contribution in [3.05, 3.63) is 236 Å². The zero-order valence-electron chi connectivity index (χ0n) is 32.0. The van der Waals surface area contributed by atoms with Crippen LogP contribution in [-0.2, 0) is 0 Å². The number of hydrogen-bond acceptors (Lipinski definition) is 1. The molecule has 1 aliphatic carbocycles. The predicted molar refractivity (Wildman–Crippen MR) is 246 cm³/mol. The monoisotopic (exact) mass is 740 g/mol. The number of benzene rings is 9. The second-order valence-electron chi connectivity index (χ2n) is 15.3. The SMILES string of the molecule is C1=CC(c2ccccc2)C(N(c2cccc(-c3cccc(-n4c5ccccc5c5ccccc54)c3)c2)c2ccc(-c3ccc4ccccc4c3)c3ccccc23)C=C1. The van der Waals surface area contributed by atoms with Gasteiger partial charge in [-0.3, -0.25) is 0 Å². The van der Waals surface area contributed by atoms with Gasteiger partial charge in [0.15, 0.2) is 0 Å². The quantitative estimate of drug-likeness (QED) is 0.158. The van der Waals surface area contributed by atoms with Gasteiger partial charge in [-0.05, 0) is 92.5 Å². The fourth-order valence-electron chi connectivity index (χ4n) is 9.26. The van der Waals surface area contributed by atoms with E-state index in [-0.39, 0.29) is 12.0 Å². The molecular weight excluding hydrogens is 701 g/mol. The highest BCUT2D eigenvalue weighted by Gasteiger charge is 2.30. The lowest BCUT2D eigenvalue weighted by molar-refractivity contribution is 0.691. The van der Waals surface area contributed by atoms with Crippen LogP contribution < -0.4 is 4.90 Å². The summed E-state index contributed by atoms with van der Waals surface area (Å²) in [6, 6.07) is 75.6. The molecule has 0 bridgehead atoms. The van der Waals surface area contributed by atoms with Crippen LogP contribution in [-0.4, -0.2) is 10.6 Å². The second kappa shape index (κ2) is 14.3. The molecule has 2 heteroatoms. The van der Waals surface area contributed by atoms with Crippen LogP contribution in [0.5, 0.6) is 0 Å². The highest BCUT2D eigenvalue weighted by atomic mass is 15.2. The Morgan fingerprint density at radius 2 is 1.03 bits per heavy atom. The van der Waals surface area contributed by atoms with Gasteiger partial charge < -0.3 is 9.47 Å². The van der Waals surface area contributed by atoms with Crippen molar-refractivity contribution in [2.45, 2.75) is 12.0 Å². The van der Waals surface area contributed by atoms with E-state index >= 15 is 0 Å². The molecule has 0 spiro atoms. The maximum atomic E-state index is 2.57. The summed E-state index contributed by atoms with van der Waals surface area (Å²) in [7, 11) is 0. The standard InChI is InChI=1S/C56H40N2/c1-2-17-40(18-3-1)48-24-8-11-29-53(48)57(56-35-34-47(49-25-6-7-26-50(49)56)44-33-32-39-16-4-5-19-41(39)36-44)45-22-14-20-42(37-45)43-21-15-23-46(38-43)58-54-30-12-9-27-51(54)52-28-10-13-31-55(52)58/h1-38,48,53H. The van der Waals surface area contributed by atoms with Crippen molar-refractivity contribution in [2.24, 2.45) is 0 Å². The molecule has 0 saturated heterocycles. The Hall–Kier alpha value is -7.42. The zero-order chi connectivity index (χ0) is 38.4. The number of allylic oxidation sites excluding steroid dienone is 2. The maximum Gasteiger partial charge on any atom is 0.0628 e. The normalized spacial score (nSPS) is 15.1. The van der Waals surface area contributed by atoms with Gasteiger partial charge in [-0.2, -0.15) is 0 Å². The summed E-state index contributed by atoms with van der Waals surface area (Å²) in [5.41, 5.74) is 12.0. The molecule has 0 amide bonds. The Balaban J connectivity index is 1.08. The Morgan fingerprint density at radius 3 is 1.83 bits per heavy atom. The number of aromatic nitrogens is 1. The average Bonchev–Trinajstić information content (AvgIpc) is 3.64. The lowest BCUT2D eigenvalue weighted by Gasteiger charge is -2.38. The minimum absolute atomic E-state index is 0.0292. The predicted octanol–water partition coefficient (Wildman–Crippen LogP) is 14.8. The molecule has 10 aromatic rings. The van der Waals surface area contributed by atoms with Crippen molar-refractivity contribution in [1.82, 2.24) is 4.57 Å². The van der Waals surface area contributed by atoms with Crippen LogP contribution in [0.2, 0.25) is 0 Å². The van der Waals surface area contributed by atoms with Crippen LogP contribution in [0, 0.1) is 0 Å². The molecule has 0 radical (unpaired) electrons. The van der Waals surface area contributed by atoms with Crippen LogP contribution in [0.15, 0.2) is 231 Å². The molecule has 1 aliphatic rings. The van der Waals surface area contributed by atoms with E-state index in [2.05, 4.69) is 240 Å². The van der Waals surface area contributed by atoms with Crippen molar-refractivity contribution >= 4 is 54.7 Å². The first kappa shape index (κ1) is 33.9. The summed E-state index contributed by atoms with van der Waals surface area (Å²) in [6.07, 6.45) is 9.14. The highest BCUT2D eigenvalue weighted by Crippen LogP contribution is 2.44. The van der Waals surface area contributed by atoms with E-state index in [0.29, 0.717) is 0 Å². The van der Waals surface area contributed by atoms with Crippen LogP contribution in [0.3, 0.4) is 0 Å². The molecule has 0 N–H and O–H groups in total. The summed E-state index contributed by atoms with van der Waals surface area (Å²) >= 11 is 0. The van der Waals surface area contributed by atoms with Gasteiger partial charge in [-0.1, -0.05) is 182 Å². The van der Waals surface area contributed by atoms with Gasteiger partial charge in [-0.15, -0.1) is 0 Å². The van der Waals surface area contributed by atoms with Crippen molar-refractivity contribution in [2.75, 3.05) is 4.90 Å². The van der Waals surface area contributed by atoms with Crippen molar-refractivity contribution in [3.8, 4) is 27.9 Å². The fraction of sp³-hybridized carbons (Fsp3) is 0.0357. The van der Waals surface area contributed by atoms with E-state index in [1.165, 1.54) is 76.9 Å². The van der Waals surface area contributed by atoms with Gasteiger partial charge in [0.05, 0.1) is 17.1 Å². The van der Waals surface area contributed by atoms with Crippen LogP contribution in [0.4, 0.5) is 11.4 Å². The lowest BCUT2D eigenvalue weighted by Crippen LogP contribution is -2.35. The molecule has 0 fully saturated rings. The summed E-state index contributed by atoms with van der Waals surface area (Å²) in [4.78, 5) is 2.57. The summed E-state index contributed by atoms with van der Waals surface area (Å²) in [6.45, 7) is 0. The van der Waals surface area contributed by atoms with E-state index in [0.717, 1.165) is 11.4 Å². The average molecular weight is 741 g/mol. The fourth-order valence-corrected chi connectivity index (χ4v) is 9.26. The summed E-state index contributed by atoms with van der Waals surface area (Å²) in [5, 5.41) is 7.50. The minimum Gasteiger partial charge on any atom is -0.333 e. The molecule has 274 valence electrons. The molecule has 1 aromatic heterocycles. The third-order valence-corrected chi connectivity index (χ3v) is 12.0. The molecule has 0 aliphatic heterocycles. The molecule has 2 nitrogen and oxygen atoms in total. The molecule has 1 heterocycles. The van der Waals surface area contributed by atoms with E-state index in [1.54, 1.807) is 0 Å². The van der Waals surface area contributed by atoms with E-state index in [9.17, 15) is 0 Å². The van der Waals surface area contributed by atoms with E-state index in [1.807, 2.05) is 0 Å². The molecular formula is C56H40N2. The summed E-state index contributed by atoms with van der Waals surface area (Å²) < 4.78 is 2.40. The molecule has 0 saturated carbocycles. The molecule has 2 unspecified atom stereocenters. The Labute approximate surface area is 338 Å². The molecule has 2 atom stereocenters. The van der Waals surface area contributed by atoms with Gasteiger partial charge >= 0.3 is 0 Å². The van der Waals surface area contributed by atoms with Crippen LogP contribution in [0.25, 0.3) is 71.3 Å². The molecule has 58 heavy (non-hydrogen) atoms. The third kappa shape index (κ3) is 5.81. The minimum atomic E-state index is 0.0292. The zero-order valence-corrected chi connectivity index (χ0v) is 32.0. The maximum absolute atomic E-state index is 2.57. The number of para-hydroxylation sites is 2. The van der Waals surface area contributed by atoms with Crippen LogP contribution >= 0.6 is 0 Å².